The van der Waals surface area contributed by atoms with Gasteiger partial charge in [-0.3, -0.25) is 5.41 Å². The molecule has 0 unspecified atom stereocenters. The molecule has 0 atom stereocenters. The summed E-state index contributed by atoms with van der Waals surface area (Å²) in [4.78, 5) is 17.2. The zero-order valence-corrected chi connectivity index (χ0v) is 24.1. The molecule has 0 bridgehead atoms. The third-order valence-corrected chi connectivity index (χ3v) is 5.68. The number of halogens is 1. The Hall–Kier alpha value is -3.63. The lowest BCUT2D eigenvalue weighted by molar-refractivity contribution is -0.00498. The number of nitrogens with zero attached hydrogens (tertiary/aromatic N) is 4. The van der Waals surface area contributed by atoms with E-state index in [4.69, 9.17) is 45.4 Å². The first-order valence-corrected chi connectivity index (χ1v) is 13.7. The average molecular weight is 592 g/mol. The van der Waals surface area contributed by atoms with Gasteiger partial charge in [0.25, 0.3) is 0 Å². The molecule has 2 rings (SSSR count). The fourth-order valence-electron chi connectivity index (χ4n) is 3.26. The molecule has 1 aromatic heterocycles. The second-order valence-corrected chi connectivity index (χ2v) is 9.00. The highest BCUT2D eigenvalue weighted by atomic mass is 35.5. The standard InChI is InChI=1S/C28H38ClN5O7/c1-36-16-17-37-18-19-38-20-21-40-28(35)41-23-33-13-10-25(11-14-33)32-27(31)34(22-30)12-4-2-3-5-15-39-26-8-6-24(29)7-9-26/h6-11,13-14,31H,2-5,12,15-21,23H2,1H3. The smallest absolute Gasteiger partial charge is 0.494 e. The average Bonchev–Trinajstić information content (AvgIpc) is 2.98. The van der Waals surface area contributed by atoms with Crippen LogP contribution in [0.4, 0.5) is 4.79 Å². The molecule has 0 saturated heterocycles. The van der Waals surface area contributed by atoms with Crippen molar-refractivity contribution in [2.75, 3.05) is 59.9 Å². The second-order valence-electron chi connectivity index (χ2n) is 8.56. The van der Waals surface area contributed by atoms with Crippen molar-refractivity contribution in [2.45, 2.75) is 32.4 Å². The van der Waals surface area contributed by atoms with Crippen LogP contribution in [-0.4, -0.2) is 81.5 Å². The maximum atomic E-state index is 11.7. The van der Waals surface area contributed by atoms with Crippen molar-refractivity contribution < 1.29 is 33.2 Å². The first-order valence-electron chi connectivity index (χ1n) is 13.3. The van der Waals surface area contributed by atoms with Crippen LogP contribution in [0.25, 0.3) is 0 Å². The van der Waals surface area contributed by atoms with Crippen LogP contribution in [0.3, 0.4) is 0 Å². The van der Waals surface area contributed by atoms with E-state index in [2.05, 4.69) is 4.99 Å². The number of nitriles is 1. The topological polar surface area (TPSA) is 141 Å². The van der Waals surface area contributed by atoms with Crippen LogP contribution in [0.1, 0.15) is 25.7 Å². The van der Waals surface area contributed by atoms with Gasteiger partial charge in [0.2, 0.25) is 5.96 Å². The number of pyridine rings is 1. The quantitative estimate of drug-likeness (QED) is 0.0635. The summed E-state index contributed by atoms with van der Waals surface area (Å²) in [5.74, 6) is 0.648. The third-order valence-electron chi connectivity index (χ3n) is 5.43. The van der Waals surface area contributed by atoms with Crippen molar-refractivity contribution in [1.29, 1.82) is 10.7 Å². The van der Waals surface area contributed by atoms with Crippen molar-refractivity contribution in [3.63, 3.8) is 0 Å². The number of rotatable bonds is 19. The molecule has 13 heteroatoms. The third kappa shape index (κ3) is 15.7. The normalized spacial score (nSPS) is 10.5. The molecule has 0 aliphatic heterocycles. The molecule has 1 N–H and O–H groups in total. The molecule has 1 heterocycles. The summed E-state index contributed by atoms with van der Waals surface area (Å²) in [6, 6.07) is 10.6. The van der Waals surface area contributed by atoms with E-state index >= 15 is 0 Å². The van der Waals surface area contributed by atoms with Gasteiger partial charge in [0.05, 0.1) is 45.0 Å². The minimum atomic E-state index is -0.813. The Morgan fingerprint density at radius 2 is 1.59 bits per heavy atom. The highest BCUT2D eigenvalue weighted by molar-refractivity contribution is 6.30. The summed E-state index contributed by atoms with van der Waals surface area (Å²) in [5.41, 5.74) is 0. The van der Waals surface area contributed by atoms with Crippen LogP contribution in [-0.2, 0) is 30.4 Å². The lowest BCUT2D eigenvalue weighted by Crippen LogP contribution is -2.27. The number of guanidine groups is 1. The number of carbonyl (C=O) groups is 1. The van der Waals surface area contributed by atoms with E-state index in [1.54, 1.807) is 48.3 Å². The number of hydrogen-bond donors (Lipinski definition) is 1. The minimum absolute atomic E-state index is 0.0557. The van der Waals surface area contributed by atoms with Crippen molar-refractivity contribution >= 4 is 23.7 Å². The molecule has 224 valence electrons. The van der Waals surface area contributed by atoms with Crippen molar-refractivity contribution in [3.05, 3.63) is 59.2 Å². The van der Waals surface area contributed by atoms with Crippen LogP contribution in [0, 0.1) is 16.9 Å². The summed E-state index contributed by atoms with van der Waals surface area (Å²) < 4.78 is 32.7. The molecule has 0 saturated carbocycles. The largest absolute Gasteiger partial charge is 0.510 e. The second kappa shape index (κ2) is 21.2. The fourth-order valence-corrected chi connectivity index (χ4v) is 3.39. The zero-order chi connectivity index (χ0) is 29.5. The van der Waals surface area contributed by atoms with Gasteiger partial charge in [-0.05, 0) is 49.2 Å². The predicted octanol–water partition coefficient (Wildman–Crippen LogP) is 4.19. The molecule has 1 aromatic carbocycles. The number of aromatic nitrogens is 1. The first-order chi connectivity index (χ1) is 20.0. The van der Waals surface area contributed by atoms with Crippen LogP contribution < -0.4 is 10.1 Å². The SMILES string of the molecule is COCCOCCOCCOC(=O)OCn1ccc(=NC(=N)N(C#N)CCCCCCOc2ccc(Cl)cc2)cc1. The molecule has 0 amide bonds. The van der Waals surface area contributed by atoms with Gasteiger partial charge < -0.3 is 33.0 Å². The van der Waals surface area contributed by atoms with Crippen molar-refractivity contribution in [3.8, 4) is 11.9 Å². The Labute approximate surface area is 245 Å². The summed E-state index contributed by atoms with van der Waals surface area (Å²) in [7, 11) is 1.60. The van der Waals surface area contributed by atoms with Crippen molar-refractivity contribution in [2.24, 2.45) is 4.99 Å². The number of benzene rings is 1. The van der Waals surface area contributed by atoms with Gasteiger partial charge in [-0.2, -0.15) is 5.26 Å². The summed E-state index contributed by atoms with van der Waals surface area (Å²) >= 11 is 5.87. The molecular formula is C28H38ClN5O7. The lowest BCUT2D eigenvalue weighted by atomic mass is 10.2. The van der Waals surface area contributed by atoms with E-state index in [1.807, 2.05) is 18.3 Å². The van der Waals surface area contributed by atoms with E-state index in [1.165, 1.54) is 4.90 Å². The van der Waals surface area contributed by atoms with Gasteiger partial charge in [-0.15, -0.1) is 0 Å². The monoisotopic (exact) mass is 591 g/mol. The molecule has 12 nitrogen and oxygen atoms in total. The molecular weight excluding hydrogens is 554 g/mol. The Morgan fingerprint density at radius 3 is 2.27 bits per heavy atom. The van der Waals surface area contributed by atoms with E-state index in [0.717, 1.165) is 31.4 Å². The molecule has 0 spiro atoms. The van der Waals surface area contributed by atoms with Gasteiger partial charge in [0.1, 0.15) is 12.4 Å². The van der Waals surface area contributed by atoms with E-state index in [-0.39, 0.29) is 25.9 Å². The van der Waals surface area contributed by atoms with Gasteiger partial charge >= 0.3 is 6.16 Å². The lowest BCUT2D eigenvalue weighted by Gasteiger charge is -2.13. The van der Waals surface area contributed by atoms with Crippen molar-refractivity contribution in [1.82, 2.24) is 9.47 Å². The number of nitrogens with one attached hydrogen (secondary N) is 1. The van der Waals surface area contributed by atoms with Gasteiger partial charge in [0.15, 0.2) is 12.9 Å². The van der Waals surface area contributed by atoms with E-state index < -0.39 is 6.16 Å². The Kier molecular flexibility index (Phi) is 17.3. The van der Waals surface area contributed by atoms with Crippen LogP contribution in [0.2, 0.25) is 5.02 Å². The summed E-state index contributed by atoms with van der Waals surface area (Å²) in [6.45, 7) is 3.11. The number of methoxy groups -OCH3 is 1. The van der Waals surface area contributed by atoms with E-state index in [9.17, 15) is 10.1 Å². The van der Waals surface area contributed by atoms with E-state index in [0.29, 0.717) is 50.0 Å². The summed E-state index contributed by atoms with van der Waals surface area (Å²) in [5, 5.41) is 18.8. The number of unbranched alkanes of at least 4 members (excludes halogenated alkanes) is 3. The highest BCUT2D eigenvalue weighted by Crippen LogP contribution is 2.16. The number of carbonyl (C=O) groups excluding carboxylic acids is 1. The van der Waals surface area contributed by atoms with Gasteiger partial charge in [-0.1, -0.05) is 24.4 Å². The molecule has 0 radical (unpaired) electrons. The van der Waals surface area contributed by atoms with Gasteiger partial charge in [-0.25, -0.2) is 14.7 Å². The maximum Gasteiger partial charge on any atom is 0.510 e. The van der Waals surface area contributed by atoms with Crippen LogP contribution in [0.5, 0.6) is 5.75 Å². The Morgan fingerprint density at radius 1 is 0.927 bits per heavy atom. The molecule has 41 heavy (non-hydrogen) atoms. The molecule has 0 aliphatic carbocycles. The summed E-state index contributed by atoms with van der Waals surface area (Å²) in [6.07, 6.45) is 8.00. The van der Waals surface area contributed by atoms with Gasteiger partial charge in [0, 0.05) is 31.1 Å². The Balaban J connectivity index is 1.59. The zero-order valence-electron chi connectivity index (χ0n) is 23.3. The fraction of sp³-hybridized carbons (Fsp3) is 0.500. The molecule has 0 aliphatic rings. The van der Waals surface area contributed by atoms with Crippen LogP contribution in [0.15, 0.2) is 53.8 Å². The number of hydrogen-bond acceptors (Lipinski definition) is 9. The Bertz CT molecular complexity index is 1120. The van der Waals surface area contributed by atoms with Crippen LogP contribution >= 0.6 is 11.6 Å². The maximum absolute atomic E-state index is 11.7. The minimum Gasteiger partial charge on any atom is -0.494 e. The predicted molar refractivity (Wildman–Crippen MR) is 151 cm³/mol. The molecule has 2 aromatic rings. The first kappa shape index (κ1) is 33.6. The highest BCUT2D eigenvalue weighted by Gasteiger charge is 2.08. The molecule has 0 fully saturated rings. The number of ether oxygens (including phenoxy) is 6.